The van der Waals surface area contributed by atoms with E-state index in [0.29, 0.717) is 12.3 Å². The van der Waals surface area contributed by atoms with Crippen molar-refractivity contribution >= 4 is 11.7 Å². The van der Waals surface area contributed by atoms with Crippen molar-refractivity contribution in [3.63, 3.8) is 0 Å². The molecule has 1 heterocycles. The van der Waals surface area contributed by atoms with Crippen LogP contribution in [0, 0.1) is 16.7 Å². The van der Waals surface area contributed by atoms with Gasteiger partial charge in [-0.15, -0.1) is 6.58 Å². The van der Waals surface area contributed by atoms with Gasteiger partial charge in [-0.25, -0.2) is 4.79 Å². The summed E-state index contributed by atoms with van der Waals surface area (Å²) in [7, 11) is 0. The first-order chi connectivity index (χ1) is 8.41. The Morgan fingerprint density at radius 1 is 1.50 bits per heavy atom. The number of rotatable bonds is 2. The summed E-state index contributed by atoms with van der Waals surface area (Å²) < 4.78 is 5.69. The molecule has 3 rings (SSSR count). The van der Waals surface area contributed by atoms with Crippen LogP contribution < -0.4 is 0 Å². The van der Waals surface area contributed by atoms with Crippen molar-refractivity contribution in [1.82, 2.24) is 0 Å². The second-order valence-electron chi connectivity index (χ2n) is 6.61. The standard InChI is InChI=1S/C15H21NO2/c1-5-6-10-13(17)18-11-9-7-8-15(4,12(11)16-10)14(9,2)3/h5,9-11H,1,6-8H2,2-4H3/t9-,10-,11?,15+/m1/s1. The summed E-state index contributed by atoms with van der Waals surface area (Å²) in [6, 6.07) is -0.360. The molecule has 2 saturated carbocycles. The summed E-state index contributed by atoms with van der Waals surface area (Å²) >= 11 is 0. The molecule has 0 aromatic rings. The second kappa shape index (κ2) is 3.46. The molecule has 0 N–H and O–H groups in total. The fourth-order valence-corrected chi connectivity index (χ4v) is 4.11. The summed E-state index contributed by atoms with van der Waals surface area (Å²) in [4.78, 5) is 16.7. The summed E-state index contributed by atoms with van der Waals surface area (Å²) in [5, 5.41) is 0. The normalized spacial score (nSPS) is 44.3. The minimum absolute atomic E-state index is 0.0627. The van der Waals surface area contributed by atoms with Crippen molar-refractivity contribution in [2.45, 2.75) is 52.2 Å². The van der Waals surface area contributed by atoms with Gasteiger partial charge in [-0.05, 0) is 24.7 Å². The highest BCUT2D eigenvalue weighted by atomic mass is 16.5. The van der Waals surface area contributed by atoms with E-state index in [1.807, 2.05) is 0 Å². The van der Waals surface area contributed by atoms with E-state index in [2.05, 4.69) is 27.4 Å². The van der Waals surface area contributed by atoms with Gasteiger partial charge in [0.1, 0.15) is 6.10 Å². The minimum Gasteiger partial charge on any atom is -0.454 e. The van der Waals surface area contributed by atoms with Crippen molar-refractivity contribution in [2.75, 3.05) is 0 Å². The minimum atomic E-state index is -0.360. The van der Waals surface area contributed by atoms with Crippen molar-refractivity contribution in [2.24, 2.45) is 21.7 Å². The molecule has 0 saturated heterocycles. The van der Waals surface area contributed by atoms with E-state index in [0.717, 1.165) is 12.1 Å². The zero-order valence-corrected chi connectivity index (χ0v) is 11.4. The SMILES string of the molecule is C=CC[C@H]1N=C2C(OC1=O)[C@H]1CC[C@]2(C)C1(C)C. The lowest BCUT2D eigenvalue weighted by Crippen LogP contribution is -2.44. The highest BCUT2D eigenvalue weighted by molar-refractivity contribution is 6.02. The van der Waals surface area contributed by atoms with Gasteiger partial charge in [0.05, 0.1) is 5.71 Å². The largest absolute Gasteiger partial charge is 0.454 e. The third-order valence-electron chi connectivity index (χ3n) is 5.70. The third kappa shape index (κ3) is 1.20. The van der Waals surface area contributed by atoms with Crippen LogP contribution in [-0.4, -0.2) is 23.8 Å². The van der Waals surface area contributed by atoms with Gasteiger partial charge in [0.25, 0.3) is 0 Å². The summed E-state index contributed by atoms with van der Waals surface area (Å²) in [5.41, 5.74) is 1.41. The average molecular weight is 247 g/mol. The number of hydrogen-bond donors (Lipinski definition) is 0. The van der Waals surface area contributed by atoms with Crippen LogP contribution >= 0.6 is 0 Å². The predicted molar refractivity (Wildman–Crippen MR) is 70.5 cm³/mol. The van der Waals surface area contributed by atoms with Crippen molar-refractivity contribution in [3.05, 3.63) is 12.7 Å². The van der Waals surface area contributed by atoms with Crippen molar-refractivity contribution in [3.8, 4) is 0 Å². The number of nitrogens with zero attached hydrogens (tertiary/aromatic N) is 1. The Labute approximate surface area is 108 Å². The molecule has 18 heavy (non-hydrogen) atoms. The molecule has 0 aromatic heterocycles. The molecular weight excluding hydrogens is 226 g/mol. The van der Waals surface area contributed by atoms with E-state index >= 15 is 0 Å². The molecule has 2 bridgehead atoms. The molecule has 3 nitrogen and oxygen atoms in total. The zero-order valence-electron chi connectivity index (χ0n) is 11.4. The first kappa shape index (κ1) is 11.9. The Morgan fingerprint density at radius 3 is 2.89 bits per heavy atom. The number of fused-ring (bicyclic) bond motifs is 5. The van der Waals surface area contributed by atoms with Gasteiger partial charge >= 0.3 is 5.97 Å². The maximum Gasteiger partial charge on any atom is 0.331 e. The Morgan fingerprint density at radius 2 is 2.22 bits per heavy atom. The zero-order chi connectivity index (χ0) is 13.1. The third-order valence-corrected chi connectivity index (χ3v) is 5.70. The second-order valence-corrected chi connectivity index (χ2v) is 6.61. The summed E-state index contributed by atoms with van der Waals surface area (Å²) in [6.45, 7) is 10.6. The van der Waals surface area contributed by atoms with Gasteiger partial charge in [-0.3, -0.25) is 4.99 Å². The highest BCUT2D eigenvalue weighted by Crippen LogP contribution is 2.65. The fourth-order valence-electron chi connectivity index (χ4n) is 4.11. The molecule has 4 atom stereocenters. The number of ether oxygens (including phenoxy) is 1. The van der Waals surface area contributed by atoms with Crippen LogP contribution in [0.1, 0.15) is 40.0 Å². The van der Waals surface area contributed by atoms with Crippen LogP contribution in [-0.2, 0) is 9.53 Å². The molecule has 2 aliphatic carbocycles. The summed E-state index contributed by atoms with van der Waals surface area (Å²) in [5.74, 6) is 0.269. The lowest BCUT2D eigenvalue weighted by molar-refractivity contribution is -0.151. The Balaban J connectivity index is 2.05. The van der Waals surface area contributed by atoms with E-state index in [-0.39, 0.29) is 28.9 Å². The smallest absolute Gasteiger partial charge is 0.331 e. The van der Waals surface area contributed by atoms with Crippen molar-refractivity contribution in [1.29, 1.82) is 0 Å². The van der Waals surface area contributed by atoms with E-state index in [1.54, 1.807) is 6.08 Å². The van der Waals surface area contributed by atoms with Crippen LogP contribution in [0.5, 0.6) is 0 Å². The van der Waals surface area contributed by atoms with E-state index in [4.69, 9.17) is 9.73 Å². The molecule has 0 spiro atoms. The monoisotopic (exact) mass is 247 g/mol. The van der Waals surface area contributed by atoms with Gasteiger partial charge in [0.2, 0.25) is 0 Å². The molecule has 1 unspecified atom stereocenters. The van der Waals surface area contributed by atoms with Crippen LogP contribution in [0.2, 0.25) is 0 Å². The molecule has 0 radical (unpaired) electrons. The predicted octanol–water partition coefficient (Wildman–Crippen LogP) is 2.75. The molecule has 0 aromatic carbocycles. The first-order valence-electron chi connectivity index (χ1n) is 6.81. The molecule has 1 aliphatic heterocycles. The number of carbonyl (C=O) groups is 1. The number of aliphatic imine (C=N–C) groups is 1. The van der Waals surface area contributed by atoms with Gasteiger partial charge in [0, 0.05) is 11.3 Å². The maximum absolute atomic E-state index is 11.9. The van der Waals surface area contributed by atoms with Crippen molar-refractivity contribution < 1.29 is 9.53 Å². The molecule has 2 fully saturated rings. The molecule has 98 valence electrons. The van der Waals surface area contributed by atoms with Crippen LogP contribution in [0.15, 0.2) is 17.6 Å². The van der Waals surface area contributed by atoms with E-state index in [1.165, 1.54) is 6.42 Å². The summed E-state index contributed by atoms with van der Waals surface area (Å²) in [6.07, 6.45) is 4.57. The lowest BCUT2D eigenvalue weighted by Gasteiger charge is -2.36. The molecule has 3 aliphatic rings. The maximum atomic E-state index is 11.9. The van der Waals surface area contributed by atoms with Crippen LogP contribution in [0.4, 0.5) is 0 Å². The van der Waals surface area contributed by atoms with Gasteiger partial charge in [0.15, 0.2) is 6.04 Å². The molecule has 0 amide bonds. The van der Waals surface area contributed by atoms with Gasteiger partial charge < -0.3 is 4.74 Å². The van der Waals surface area contributed by atoms with Crippen LogP contribution in [0.25, 0.3) is 0 Å². The Kier molecular flexibility index (Phi) is 2.30. The fraction of sp³-hybridized carbons (Fsp3) is 0.733. The van der Waals surface area contributed by atoms with E-state index in [9.17, 15) is 4.79 Å². The topological polar surface area (TPSA) is 38.7 Å². The lowest BCUT2D eigenvalue weighted by atomic mass is 9.70. The molecule has 3 heteroatoms. The number of hydrogen-bond acceptors (Lipinski definition) is 3. The number of esters is 1. The quantitative estimate of drug-likeness (QED) is 0.556. The average Bonchev–Trinajstić information content (AvgIpc) is 2.61. The van der Waals surface area contributed by atoms with Crippen LogP contribution in [0.3, 0.4) is 0 Å². The Hall–Kier alpha value is -1.12. The van der Waals surface area contributed by atoms with E-state index < -0.39 is 0 Å². The van der Waals surface area contributed by atoms with Gasteiger partial charge in [-0.2, -0.15) is 0 Å². The van der Waals surface area contributed by atoms with Gasteiger partial charge in [-0.1, -0.05) is 26.8 Å². The number of carbonyl (C=O) groups excluding carboxylic acids is 1. The Bertz CT molecular complexity index is 451. The first-order valence-corrected chi connectivity index (χ1v) is 6.81. The molecular formula is C15H21NO2. The highest BCUT2D eigenvalue weighted by Gasteiger charge is 2.67.